The molecule has 110 valence electrons. The largest absolute Gasteiger partial charge is 0.397 e. The first-order chi connectivity index (χ1) is 10.1. The summed E-state index contributed by atoms with van der Waals surface area (Å²) in [5, 5.41) is 5.89. The van der Waals surface area contributed by atoms with Crippen molar-refractivity contribution in [1.82, 2.24) is 5.32 Å². The average molecular weight is 283 g/mol. The predicted octanol–water partition coefficient (Wildman–Crippen LogP) is 2.59. The highest BCUT2D eigenvalue weighted by atomic mass is 16.1. The fourth-order valence-corrected chi connectivity index (χ4v) is 2.22. The Hall–Kier alpha value is -2.49. The normalized spacial score (nSPS) is 10.2. The fraction of sp³-hybridized carbons (Fsp3) is 0.235. The number of carbonyl (C=O) groups is 1. The summed E-state index contributed by atoms with van der Waals surface area (Å²) in [6, 6.07) is 13.8. The number of nitrogens with one attached hydrogen (secondary N) is 2. The van der Waals surface area contributed by atoms with E-state index < -0.39 is 0 Å². The van der Waals surface area contributed by atoms with Gasteiger partial charge in [-0.15, -0.1) is 0 Å². The van der Waals surface area contributed by atoms with Crippen LogP contribution in [0.4, 0.5) is 11.4 Å². The highest BCUT2D eigenvalue weighted by Gasteiger charge is 2.06. The molecule has 0 unspecified atom stereocenters. The molecule has 21 heavy (non-hydrogen) atoms. The van der Waals surface area contributed by atoms with Gasteiger partial charge in [-0.3, -0.25) is 4.79 Å². The fourth-order valence-electron chi connectivity index (χ4n) is 2.22. The number of amides is 1. The molecule has 0 atom stereocenters. The maximum atomic E-state index is 11.5. The molecule has 2 aromatic carbocycles. The first-order valence-electron chi connectivity index (χ1n) is 7.01. The molecule has 2 aromatic rings. The maximum Gasteiger partial charge on any atom is 0.251 e. The Morgan fingerprint density at radius 1 is 1.19 bits per heavy atom. The van der Waals surface area contributed by atoms with Crippen molar-refractivity contribution >= 4 is 17.3 Å². The van der Waals surface area contributed by atoms with Crippen molar-refractivity contribution in [2.45, 2.75) is 13.3 Å². The van der Waals surface area contributed by atoms with Crippen LogP contribution in [0.25, 0.3) is 0 Å². The van der Waals surface area contributed by atoms with E-state index in [1.807, 2.05) is 6.07 Å². The summed E-state index contributed by atoms with van der Waals surface area (Å²) in [5.74, 6) is -0.131. The van der Waals surface area contributed by atoms with Gasteiger partial charge in [0.25, 0.3) is 5.91 Å². The van der Waals surface area contributed by atoms with E-state index in [2.05, 4.69) is 41.8 Å². The van der Waals surface area contributed by atoms with Crippen LogP contribution >= 0.6 is 0 Å². The monoisotopic (exact) mass is 283 g/mol. The van der Waals surface area contributed by atoms with E-state index in [4.69, 9.17) is 5.73 Å². The molecular weight excluding hydrogens is 262 g/mol. The highest BCUT2D eigenvalue weighted by Crippen LogP contribution is 2.20. The van der Waals surface area contributed by atoms with Gasteiger partial charge >= 0.3 is 0 Å². The van der Waals surface area contributed by atoms with Crippen LogP contribution < -0.4 is 16.4 Å². The van der Waals surface area contributed by atoms with E-state index >= 15 is 0 Å². The van der Waals surface area contributed by atoms with Gasteiger partial charge in [0.05, 0.1) is 11.4 Å². The molecule has 0 bridgehead atoms. The summed E-state index contributed by atoms with van der Waals surface area (Å²) >= 11 is 0. The standard InChI is InChI=1S/C17H21N3O/c1-12-4-3-5-13(10-12)8-9-20-16-7-6-14(11-15(16)18)17(21)19-2/h3-7,10-11,20H,8-9,18H2,1-2H3,(H,19,21). The summed E-state index contributed by atoms with van der Waals surface area (Å²) in [6.07, 6.45) is 0.929. The van der Waals surface area contributed by atoms with Crippen molar-refractivity contribution in [2.75, 3.05) is 24.6 Å². The van der Waals surface area contributed by atoms with Crippen molar-refractivity contribution in [2.24, 2.45) is 0 Å². The lowest BCUT2D eigenvalue weighted by molar-refractivity contribution is 0.0963. The summed E-state index contributed by atoms with van der Waals surface area (Å²) in [7, 11) is 1.60. The second-order valence-corrected chi connectivity index (χ2v) is 5.05. The summed E-state index contributed by atoms with van der Waals surface area (Å²) in [6.45, 7) is 2.89. The minimum atomic E-state index is -0.131. The van der Waals surface area contributed by atoms with Crippen molar-refractivity contribution in [3.8, 4) is 0 Å². The van der Waals surface area contributed by atoms with E-state index in [1.54, 1.807) is 19.2 Å². The van der Waals surface area contributed by atoms with Crippen LogP contribution in [0.2, 0.25) is 0 Å². The molecule has 2 rings (SSSR count). The third-order valence-corrected chi connectivity index (χ3v) is 3.35. The number of rotatable bonds is 5. The Kier molecular flexibility index (Phi) is 4.82. The minimum Gasteiger partial charge on any atom is -0.397 e. The van der Waals surface area contributed by atoms with Gasteiger partial charge in [0.1, 0.15) is 0 Å². The number of nitrogen functional groups attached to an aromatic ring is 1. The van der Waals surface area contributed by atoms with Gasteiger partial charge in [-0.2, -0.15) is 0 Å². The number of benzene rings is 2. The van der Waals surface area contributed by atoms with Gasteiger partial charge in [-0.05, 0) is 37.1 Å². The van der Waals surface area contributed by atoms with Crippen molar-refractivity contribution in [1.29, 1.82) is 0 Å². The van der Waals surface area contributed by atoms with Crippen molar-refractivity contribution in [3.05, 3.63) is 59.2 Å². The van der Waals surface area contributed by atoms with Gasteiger partial charge in [-0.1, -0.05) is 29.8 Å². The number of anilines is 2. The number of carbonyl (C=O) groups excluding carboxylic acids is 1. The second-order valence-electron chi connectivity index (χ2n) is 5.05. The second kappa shape index (κ2) is 6.79. The topological polar surface area (TPSA) is 67.2 Å². The zero-order valence-electron chi connectivity index (χ0n) is 12.4. The third-order valence-electron chi connectivity index (χ3n) is 3.35. The zero-order valence-corrected chi connectivity index (χ0v) is 12.4. The SMILES string of the molecule is CNC(=O)c1ccc(NCCc2cccc(C)c2)c(N)c1. The van der Waals surface area contributed by atoms with Gasteiger partial charge in [0, 0.05) is 19.2 Å². The third kappa shape index (κ3) is 3.99. The highest BCUT2D eigenvalue weighted by molar-refractivity contribution is 5.95. The first kappa shape index (κ1) is 14.9. The van der Waals surface area contributed by atoms with E-state index in [9.17, 15) is 4.79 Å². The predicted molar refractivity (Wildman–Crippen MR) is 87.6 cm³/mol. The number of nitrogens with two attached hydrogens (primary N) is 1. The first-order valence-corrected chi connectivity index (χ1v) is 7.01. The van der Waals surface area contributed by atoms with E-state index in [0.29, 0.717) is 11.3 Å². The van der Waals surface area contributed by atoms with Crippen molar-refractivity contribution in [3.63, 3.8) is 0 Å². The molecule has 4 nitrogen and oxygen atoms in total. The van der Waals surface area contributed by atoms with Gasteiger partial charge in [0.2, 0.25) is 0 Å². The van der Waals surface area contributed by atoms with E-state index in [0.717, 1.165) is 18.7 Å². The van der Waals surface area contributed by atoms with Crippen LogP contribution in [-0.2, 0) is 6.42 Å². The molecule has 0 fully saturated rings. The van der Waals surface area contributed by atoms with Gasteiger partial charge in [-0.25, -0.2) is 0 Å². The minimum absolute atomic E-state index is 0.131. The van der Waals surface area contributed by atoms with Crippen LogP contribution in [0.15, 0.2) is 42.5 Å². The molecule has 0 aliphatic carbocycles. The lowest BCUT2D eigenvalue weighted by Gasteiger charge is -2.11. The van der Waals surface area contributed by atoms with Gasteiger partial charge < -0.3 is 16.4 Å². The van der Waals surface area contributed by atoms with Crippen LogP contribution in [0, 0.1) is 6.92 Å². The molecule has 0 radical (unpaired) electrons. The maximum absolute atomic E-state index is 11.5. The summed E-state index contributed by atoms with van der Waals surface area (Å²) in [4.78, 5) is 11.5. The Morgan fingerprint density at radius 3 is 2.67 bits per heavy atom. The molecule has 0 aliphatic heterocycles. The Labute approximate surface area is 125 Å². The van der Waals surface area contributed by atoms with Crippen molar-refractivity contribution < 1.29 is 4.79 Å². The Morgan fingerprint density at radius 2 is 2.00 bits per heavy atom. The smallest absolute Gasteiger partial charge is 0.251 e. The quantitative estimate of drug-likeness (QED) is 0.739. The summed E-state index contributed by atoms with van der Waals surface area (Å²) in [5.41, 5.74) is 10.5. The lowest BCUT2D eigenvalue weighted by atomic mass is 10.1. The molecular formula is C17H21N3O. The van der Waals surface area contributed by atoms with Crippen LogP contribution in [0.1, 0.15) is 21.5 Å². The molecule has 0 aliphatic rings. The molecule has 0 saturated heterocycles. The molecule has 0 heterocycles. The molecule has 0 aromatic heterocycles. The number of hydrogen-bond acceptors (Lipinski definition) is 3. The van der Waals surface area contributed by atoms with Crippen LogP contribution in [0.5, 0.6) is 0 Å². The summed E-state index contributed by atoms with van der Waals surface area (Å²) < 4.78 is 0. The molecule has 0 spiro atoms. The molecule has 0 saturated carbocycles. The Balaban J connectivity index is 1.96. The zero-order chi connectivity index (χ0) is 15.2. The average Bonchev–Trinajstić information content (AvgIpc) is 2.48. The molecule has 1 amide bonds. The molecule has 4 heteroatoms. The number of hydrogen-bond donors (Lipinski definition) is 3. The number of aryl methyl sites for hydroxylation is 1. The van der Waals surface area contributed by atoms with E-state index in [1.165, 1.54) is 11.1 Å². The van der Waals surface area contributed by atoms with Crippen LogP contribution in [-0.4, -0.2) is 19.5 Å². The lowest BCUT2D eigenvalue weighted by Crippen LogP contribution is -2.18. The van der Waals surface area contributed by atoms with Gasteiger partial charge in [0.15, 0.2) is 0 Å². The Bertz CT molecular complexity index is 638. The molecule has 4 N–H and O–H groups in total. The van der Waals surface area contributed by atoms with Crippen LogP contribution in [0.3, 0.4) is 0 Å². The van der Waals surface area contributed by atoms with E-state index in [-0.39, 0.29) is 5.91 Å².